The van der Waals surface area contributed by atoms with Crippen molar-refractivity contribution >= 4 is 33.5 Å². The van der Waals surface area contributed by atoms with Gasteiger partial charge in [-0.25, -0.2) is 4.98 Å². The van der Waals surface area contributed by atoms with Crippen molar-refractivity contribution < 1.29 is 4.79 Å². The van der Waals surface area contributed by atoms with Crippen molar-refractivity contribution in [3.8, 4) is 0 Å². The Balaban J connectivity index is 1.48. The predicted octanol–water partition coefficient (Wildman–Crippen LogP) is 3.90. The SMILES string of the molecule is CCCCNc1ncc2c3ccc(C4CCN5CCN4CC5)cc3c(=O)n(C3CCC(=O)CC3)c2n1. The molecule has 1 N–H and O–H groups in total. The average Bonchev–Trinajstić information content (AvgIpc) is 3.24. The number of nitrogens with zero attached hydrogens (tertiary/aromatic N) is 5. The number of pyridine rings is 1. The Morgan fingerprint density at radius 2 is 1.78 bits per heavy atom. The third-order valence-electron chi connectivity index (χ3n) is 8.42. The van der Waals surface area contributed by atoms with Crippen LogP contribution >= 0.6 is 0 Å². The summed E-state index contributed by atoms with van der Waals surface area (Å²) in [5.41, 5.74) is 1.92. The maximum absolute atomic E-state index is 14.1. The number of ketones is 1. The van der Waals surface area contributed by atoms with E-state index in [0.717, 1.165) is 74.7 Å². The third kappa shape index (κ3) is 4.30. The molecule has 4 fully saturated rings. The summed E-state index contributed by atoms with van der Waals surface area (Å²) >= 11 is 0. The maximum Gasteiger partial charge on any atom is 0.260 e. The van der Waals surface area contributed by atoms with Crippen molar-refractivity contribution in [2.75, 3.05) is 44.6 Å². The highest BCUT2D eigenvalue weighted by atomic mass is 16.1. The molecule has 190 valence electrons. The molecule has 7 rings (SSSR count). The fraction of sp³-hybridized carbons (Fsp3) is 0.571. The summed E-state index contributed by atoms with van der Waals surface area (Å²) in [4.78, 5) is 40.7. The highest BCUT2D eigenvalue weighted by Gasteiger charge is 2.30. The number of rotatable bonds is 6. The molecule has 2 aromatic heterocycles. The number of hydrogen-bond acceptors (Lipinski definition) is 7. The monoisotopic (exact) mass is 488 g/mol. The molecule has 3 aromatic rings. The van der Waals surface area contributed by atoms with E-state index in [2.05, 4.69) is 45.2 Å². The normalized spacial score (nSPS) is 24.9. The minimum absolute atomic E-state index is 0.00794. The van der Waals surface area contributed by atoms with Gasteiger partial charge in [0.2, 0.25) is 5.95 Å². The fourth-order valence-corrected chi connectivity index (χ4v) is 6.30. The van der Waals surface area contributed by atoms with Crippen molar-refractivity contribution in [3.05, 3.63) is 40.3 Å². The first kappa shape index (κ1) is 23.6. The Morgan fingerprint density at radius 1 is 0.972 bits per heavy atom. The second-order valence-electron chi connectivity index (χ2n) is 10.6. The number of hydrogen-bond donors (Lipinski definition) is 1. The Morgan fingerprint density at radius 3 is 2.56 bits per heavy atom. The van der Waals surface area contributed by atoms with E-state index in [1.165, 1.54) is 5.56 Å². The number of carbonyl (C=O) groups excluding carboxylic acids is 1. The molecule has 1 aromatic carbocycles. The first-order valence-electron chi connectivity index (χ1n) is 13.7. The van der Waals surface area contributed by atoms with Crippen molar-refractivity contribution in [1.29, 1.82) is 0 Å². The molecular weight excluding hydrogens is 452 g/mol. The van der Waals surface area contributed by atoms with Crippen LogP contribution in [0.1, 0.15) is 69.5 Å². The van der Waals surface area contributed by atoms with Gasteiger partial charge in [-0.3, -0.25) is 19.1 Å². The smallest absolute Gasteiger partial charge is 0.260 e. The van der Waals surface area contributed by atoms with E-state index >= 15 is 0 Å². The second kappa shape index (κ2) is 9.90. The van der Waals surface area contributed by atoms with E-state index in [1.54, 1.807) is 0 Å². The van der Waals surface area contributed by atoms with Crippen LogP contribution in [-0.2, 0) is 4.79 Å². The van der Waals surface area contributed by atoms with Gasteiger partial charge in [-0.05, 0) is 42.7 Å². The molecule has 4 aliphatic rings. The number of fused-ring (bicyclic) bond motifs is 7. The topological polar surface area (TPSA) is 83.4 Å². The largest absolute Gasteiger partial charge is 0.354 e. The molecule has 2 bridgehead atoms. The zero-order valence-corrected chi connectivity index (χ0v) is 21.2. The minimum Gasteiger partial charge on any atom is -0.354 e. The summed E-state index contributed by atoms with van der Waals surface area (Å²) in [6.07, 6.45) is 7.51. The predicted molar refractivity (Wildman–Crippen MR) is 143 cm³/mol. The summed E-state index contributed by atoms with van der Waals surface area (Å²) in [6.45, 7) is 8.50. The van der Waals surface area contributed by atoms with Crippen molar-refractivity contribution in [2.45, 2.75) is 64.0 Å². The van der Waals surface area contributed by atoms with Crippen LogP contribution in [-0.4, -0.2) is 69.4 Å². The molecule has 36 heavy (non-hydrogen) atoms. The van der Waals surface area contributed by atoms with Crippen LogP contribution in [0.5, 0.6) is 0 Å². The molecule has 5 heterocycles. The Labute approximate surface area is 211 Å². The summed E-state index contributed by atoms with van der Waals surface area (Å²) in [5.74, 6) is 0.847. The molecular formula is C28H36N6O2. The average molecular weight is 489 g/mol. The molecule has 0 amide bonds. The Hall–Kier alpha value is -2.84. The second-order valence-corrected chi connectivity index (χ2v) is 10.6. The van der Waals surface area contributed by atoms with Crippen LogP contribution < -0.4 is 10.9 Å². The number of anilines is 1. The Kier molecular flexibility index (Phi) is 6.48. The molecule has 8 heteroatoms. The molecule has 1 saturated carbocycles. The van der Waals surface area contributed by atoms with Gasteiger partial charge in [-0.1, -0.05) is 25.5 Å². The van der Waals surface area contributed by atoms with Gasteiger partial charge >= 0.3 is 0 Å². The first-order valence-corrected chi connectivity index (χ1v) is 13.7. The van der Waals surface area contributed by atoms with Gasteiger partial charge in [-0.2, -0.15) is 4.98 Å². The van der Waals surface area contributed by atoms with E-state index in [4.69, 9.17) is 4.98 Å². The molecule has 3 saturated heterocycles. The molecule has 0 radical (unpaired) electrons. The lowest BCUT2D eigenvalue weighted by Gasteiger charge is -2.33. The van der Waals surface area contributed by atoms with Gasteiger partial charge < -0.3 is 10.2 Å². The molecule has 1 unspecified atom stereocenters. The van der Waals surface area contributed by atoms with Crippen LogP contribution in [0.2, 0.25) is 0 Å². The summed E-state index contributed by atoms with van der Waals surface area (Å²) < 4.78 is 1.88. The van der Waals surface area contributed by atoms with Gasteiger partial charge in [0.15, 0.2) is 0 Å². The van der Waals surface area contributed by atoms with Gasteiger partial charge in [0.25, 0.3) is 5.56 Å². The number of nitrogens with one attached hydrogen (secondary N) is 1. The zero-order chi connectivity index (χ0) is 24.6. The standard InChI is InChI=1S/C28H36N6O2/c1-2-3-11-29-28-30-18-24-22-9-4-19(25-10-12-32-13-15-33(25)16-14-32)17-23(22)27(36)34(26(24)31-28)20-5-7-21(35)8-6-20/h4,9,17-18,20,25H,2-3,5-8,10-16H2,1H3,(H,29,30,31). The molecule has 8 nitrogen and oxygen atoms in total. The third-order valence-corrected chi connectivity index (χ3v) is 8.42. The minimum atomic E-state index is -0.0193. The van der Waals surface area contributed by atoms with Crippen LogP contribution in [0.3, 0.4) is 0 Å². The highest BCUT2D eigenvalue weighted by Crippen LogP contribution is 2.34. The lowest BCUT2D eigenvalue weighted by Crippen LogP contribution is -2.43. The van der Waals surface area contributed by atoms with E-state index < -0.39 is 0 Å². The molecule has 3 aliphatic heterocycles. The van der Waals surface area contributed by atoms with Crippen molar-refractivity contribution in [1.82, 2.24) is 24.3 Å². The van der Waals surface area contributed by atoms with Gasteiger partial charge in [0, 0.05) is 81.2 Å². The van der Waals surface area contributed by atoms with Gasteiger partial charge in [-0.15, -0.1) is 0 Å². The van der Waals surface area contributed by atoms with Gasteiger partial charge in [0.05, 0.1) is 0 Å². The number of piperazine rings is 1. The zero-order valence-electron chi connectivity index (χ0n) is 21.2. The summed E-state index contributed by atoms with van der Waals surface area (Å²) in [6, 6.07) is 6.77. The number of benzene rings is 1. The number of Topliss-reactive ketones (excluding diaryl/α,β-unsaturated/α-hetero) is 1. The number of carbonyl (C=O) groups is 1. The van der Waals surface area contributed by atoms with Crippen LogP contribution in [0.4, 0.5) is 5.95 Å². The lowest BCUT2D eigenvalue weighted by atomic mass is 9.93. The first-order chi connectivity index (χ1) is 17.6. The molecule has 0 spiro atoms. The quantitative estimate of drug-likeness (QED) is 0.416. The van der Waals surface area contributed by atoms with Crippen molar-refractivity contribution in [2.24, 2.45) is 0 Å². The van der Waals surface area contributed by atoms with Crippen LogP contribution in [0.15, 0.2) is 29.2 Å². The van der Waals surface area contributed by atoms with E-state index in [1.807, 2.05) is 10.8 Å². The van der Waals surface area contributed by atoms with E-state index in [9.17, 15) is 9.59 Å². The highest BCUT2D eigenvalue weighted by molar-refractivity contribution is 6.04. The maximum atomic E-state index is 14.1. The number of aromatic nitrogens is 3. The van der Waals surface area contributed by atoms with Crippen LogP contribution in [0, 0.1) is 0 Å². The summed E-state index contributed by atoms with van der Waals surface area (Å²) in [7, 11) is 0. The van der Waals surface area contributed by atoms with Crippen LogP contribution in [0.25, 0.3) is 21.8 Å². The molecule has 1 aliphatic carbocycles. The van der Waals surface area contributed by atoms with E-state index in [-0.39, 0.29) is 17.4 Å². The Bertz CT molecular complexity index is 1330. The molecule has 1 atom stereocenters. The fourth-order valence-electron chi connectivity index (χ4n) is 6.30. The summed E-state index contributed by atoms with van der Waals surface area (Å²) in [5, 5.41) is 5.88. The van der Waals surface area contributed by atoms with Crippen molar-refractivity contribution in [3.63, 3.8) is 0 Å². The lowest BCUT2D eigenvalue weighted by molar-refractivity contribution is -0.120. The number of unbranched alkanes of at least 4 members (excludes halogenated alkanes) is 1. The van der Waals surface area contributed by atoms with Gasteiger partial charge in [0.1, 0.15) is 11.4 Å². The van der Waals surface area contributed by atoms with E-state index in [0.29, 0.717) is 43.3 Å².